The summed E-state index contributed by atoms with van der Waals surface area (Å²) in [4.78, 5) is 13.8. The second-order valence-electron chi connectivity index (χ2n) is 5.55. The highest BCUT2D eigenvalue weighted by Gasteiger charge is 2.35. The van der Waals surface area contributed by atoms with Gasteiger partial charge in [-0.3, -0.25) is 9.69 Å². The molecule has 1 aliphatic heterocycles. The van der Waals surface area contributed by atoms with E-state index in [4.69, 9.17) is 11.6 Å². The summed E-state index contributed by atoms with van der Waals surface area (Å²) in [5, 5.41) is 3.35. The van der Waals surface area contributed by atoms with Gasteiger partial charge >= 0.3 is 6.18 Å². The molecule has 0 saturated carbocycles. The third-order valence-electron chi connectivity index (χ3n) is 3.84. The monoisotopic (exact) mass is 334 g/mol. The first kappa shape index (κ1) is 17.1. The number of likely N-dealkylation sites (tertiary alicyclic amines) is 1. The number of hydrogen-bond acceptors (Lipinski definition) is 2. The lowest BCUT2D eigenvalue weighted by Gasteiger charge is -2.26. The maximum atomic E-state index is 12.2. The first-order valence-corrected chi connectivity index (χ1v) is 7.46. The van der Waals surface area contributed by atoms with Crippen LogP contribution in [0.25, 0.3) is 0 Å². The number of rotatable bonds is 4. The maximum absolute atomic E-state index is 12.2. The number of nitrogens with one attached hydrogen (secondary N) is 1. The van der Waals surface area contributed by atoms with E-state index < -0.39 is 24.9 Å². The van der Waals surface area contributed by atoms with Gasteiger partial charge in [0.15, 0.2) is 0 Å². The third kappa shape index (κ3) is 4.61. The predicted octanol–water partition coefficient (Wildman–Crippen LogP) is 3.54. The van der Waals surface area contributed by atoms with Crippen molar-refractivity contribution in [1.82, 2.24) is 10.2 Å². The molecule has 1 saturated heterocycles. The summed E-state index contributed by atoms with van der Waals surface area (Å²) in [6, 6.07) is 7.06. The van der Waals surface area contributed by atoms with Gasteiger partial charge in [0.1, 0.15) is 0 Å². The second-order valence-corrected chi connectivity index (χ2v) is 5.99. The van der Waals surface area contributed by atoms with Crippen molar-refractivity contribution in [3.05, 3.63) is 34.9 Å². The molecule has 1 heterocycles. The number of likely N-dealkylation sites (N-methyl/N-ethyl adjacent to an activating group) is 1. The topological polar surface area (TPSA) is 32.3 Å². The zero-order valence-electron chi connectivity index (χ0n) is 12.2. The number of hydrogen-bond donors (Lipinski definition) is 1. The molecule has 1 amide bonds. The maximum Gasteiger partial charge on any atom is 0.389 e. The minimum atomic E-state index is -4.31. The average Bonchev–Trinajstić information content (AvgIpc) is 2.78. The molecule has 3 nitrogen and oxygen atoms in total. The molecule has 1 aliphatic rings. The van der Waals surface area contributed by atoms with E-state index in [1.165, 1.54) is 0 Å². The Kier molecular flexibility index (Phi) is 5.34. The SMILES string of the molecule is CN1CCC(NC(=O)CCC(F)(F)F)C1c1ccc(Cl)cc1. The van der Waals surface area contributed by atoms with Crippen molar-refractivity contribution >= 4 is 17.5 Å². The van der Waals surface area contributed by atoms with E-state index in [1.54, 1.807) is 12.1 Å². The summed E-state index contributed by atoms with van der Waals surface area (Å²) in [5.74, 6) is -0.559. The molecule has 1 aromatic carbocycles. The Morgan fingerprint density at radius 2 is 2.00 bits per heavy atom. The van der Waals surface area contributed by atoms with Gasteiger partial charge in [0.25, 0.3) is 0 Å². The zero-order valence-corrected chi connectivity index (χ0v) is 12.9. The first-order chi connectivity index (χ1) is 10.3. The van der Waals surface area contributed by atoms with Gasteiger partial charge in [-0.05, 0) is 31.2 Å². The molecule has 122 valence electrons. The second kappa shape index (κ2) is 6.87. The number of benzene rings is 1. The molecular weight excluding hydrogens is 317 g/mol. The highest BCUT2D eigenvalue weighted by molar-refractivity contribution is 6.30. The van der Waals surface area contributed by atoms with Crippen molar-refractivity contribution in [3.63, 3.8) is 0 Å². The van der Waals surface area contributed by atoms with Crippen molar-refractivity contribution in [2.75, 3.05) is 13.6 Å². The molecule has 1 aromatic rings. The standard InChI is InChI=1S/C15H18ClF3N2O/c1-21-9-7-12(20-13(22)6-8-15(17,18)19)14(21)10-2-4-11(16)5-3-10/h2-5,12,14H,6-9H2,1H3,(H,20,22). The molecule has 0 bridgehead atoms. The van der Waals surface area contributed by atoms with Crippen LogP contribution in [0.3, 0.4) is 0 Å². The van der Waals surface area contributed by atoms with Crippen LogP contribution >= 0.6 is 11.6 Å². The Hall–Kier alpha value is -1.27. The Morgan fingerprint density at radius 3 is 2.59 bits per heavy atom. The molecule has 7 heteroatoms. The van der Waals surface area contributed by atoms with E-state index in [2.05, 4.69) is 10.2 Å². The summed E-state index contributed by atoms with van der Waals surface area (Å²) in [6.07, 6.45) is -5.22. The lowest BCUT2D eigenvalue weighted by atomic mass is 10.00. The van der Waals surface area contributed by atoms with Gasteiger partial charge < -0.3 is 5.32 Å². The van der Waals surface area contributed by atoms with Crippen LogP contribution in [0, 0.1) is 0 Å². The first-order valence-electron chi connectivity index (χ1n) is 7.08. The van der Waals surface area contributed by atoms with E-state index in [0.29, 0.717) is 11.4 Å². The fourth-order valence-electron chi connectivity index (χ4n) is 2.78. The number of amides is 1. The van der Waals surface area contributed by atoms with Crippen LogP contribution in [0.2, 0.25) is 5.02 Å². The van der Waals surface area contributed by atoms with Crippen molar-refractivity contribution in [3.8, 4) is 0 Å². The fraction of sp³-hybridized carbons (Fsp3) is 0.533. The Labute approximate surface area is 132 Å². The van der Waals surface area contributed by atoms with Crippen LogP contribution in [0.1, 0.15) is 30.9 Å². The van der Waals surface area contributed by atoms with Crippen LogP contribution in [0.15, 0.2) is 24.3 Å². The number of nitrogens with zero attached hydrogens (tertiary/aromatic N) is 1. The van der Waals surface area contributed by atoms with E-state index >= 15 is 0 Å². The Morgan fingerprint density at radius 1 is 1.36 bits per heavy atom. The predicted molar refractivity (Wildman–Crippen MR) is 78.7 cm³/mol. The molecule has 22 heavy (non-hydrogen) atoms. The molecule has 2 atom stereocenters. The molecule has 2 rings (SSSR count). The zero-order chi connectivity index (χ0) is 16.3. The van der Waals surface area contributed by atoms with E-state index in [1.807, 2.05) is 19.2 Å². The number of halogens is 4. The highest BCUT2D eigenvalue weighted by atomic mass is 35.5. The van der Waals surface area contributed by atoms with Gasteiger partial charge in [-0.25, -0.2) is 0 Å². The van der Waals surface area contributed by atoms with Crippen LogP contribution < -0.4 is 5.32 Å². The minimum absolute atomic E-state index is 0.0490. The normalized spacial score (nSPS) is 22.8. The summed E-state index contributed by atoms with van der Waals surface area (Å²) in [7, 11) is 1.93. The van der Waals surface area contributed by atoms with Crippen molar-refractivity contribution < 1.29 is 18.0 Å². The molecule has 1 fully saturated rings. The van der Waals surface area contributed by atoms with Crippen molar-refractivity contribution in [2.45, 2.75) is 37.5 Å². The lowest BCUT2D eigenvalue weighted by Crippen LogP contribution is -2.39. The Balaban J connectivity index is 2.00. The molecular formula is C15H18ClF3N2O. The van der Waals surface area contributed by atoms with Crippen molar-refractivity contribution in [2.24, 2.45) is 0 Å². The number of carbonyl (C=O) groups is 1. The summed E-state index contributed by atoms with van der Waals surface area (Å²) < 4.78 is 36.5. The molecule has 0 aromatic heterocycles. The number of carbonyl (C=O) groups excluding carboxylic acids is 1. The van der Waals surface area contributed by atoms with Gasteiger partial charge in [-0.15, -0.1) is 0 Å². The van der Waals surface area contributed by atoms with Gasteiger partial charge in [0.2, 0.25) is 5.91 Å². The minimum Gasteiger partial charge on any atom is -0.351 e. The van der Waals surface area contributed by atoms with E-state index in [0.717, 1.165) is 12.1 Å². The fourth-order valence-corrected chi connectivity index (χ4v) is 2.90. The molecule has 0 spiro atoms. The summed E-state index contributed by atoms with van der Waals surface area (Å²) in [5.41, 5.74) is 0.991. The van der Waals surface area contributed by atoms with Crippen LogP contribution in [-0.4, -0.2) is 36.6 Å². The van der Waals surface area contributed by atoms with E-state index in [9.17, 15) is 18.0 Å². The largest absolute Gasteiger partial charge is 0.389 e. The lowest BCUT2D eigenvalue weighted by molar-refractivity contribution is -0.144. The van der Waals surface area contributed by atoms with Crippen LogP contribution in [-0.2, 0) is 4.79 Å². The van der Waals surface area contributed by atoms with Crippen molar-refractivity contribution in [1.29, 1.82) is 0 Å². The van der Waals surface area contributed by atoms with E-state index in [-0.39, 0.29) is 12.1 Å². The third-order valence-corrected chi connectivity index (χ3v) is 4.09. The highest BCUT2D eigenvalue weighted by Crippen LogP contribution is 2.32. The van der Waals surface area contributed by atoms with Gasteiger partial charge in [-0.1, -0.05) is 23.7 Å². The van der Waals surface area contributed by atoms with Crippen LogP contribution in [0.5, 0.6) is 0 Å². The van der Waals surface area contributed by atoms with Gasteiger partial charge in [0, 0.05) is 24.0 Å². The van der Waals surface area contributed by atoms with Gasteiger partial charge in [0.05, 0.1) is 12.5 Å². The molecule has 0 radical (unpaired) electrons. The number of alkyl halides is 3. The average molecular weight is 335 g/mol. The smallest absolute Gasteiger partial charge is 0.351 e. The molecule has 0 aliphatic carbocycles. The summed E-state index contributed by atoms with van der Waals surface area (Å²) in [6.45, 7) is 0.775. The molecule has 1 N–H and O–H groups in total. The van der Waals surface area contributed by atoms with Gasteiger partial charge in [-0.2, -0.15) is 13.2 Å². The van der Waals surface area contributed by atoms with Crippen LogP contribution in [0.4, 0.5) is 13.2 Å². The molecule has 2 unspecified atom stereocenters. The summed E-state index contributed by atoms with van der Waals surface area (Å²) >= 11 is 5.87. The Bertz CT molecular complexity index is 519. The quantitative estimate of drug-likeness (QED) is 0.913.